The predicted molar refractivity (Wildman–Crippen MR) is 97.4 cm³/mol. The third-order valence-electron chi connectivity index (χ3n) is 3.40. The number of carbonyl (C=O) groups excluding carboxylic acids is 2. The Morgan fingerprint density at radius 1 is 1.15 bits per heavy atom. The van der Waals surface area contributed by atoms with Crippen LogP contribution in [0.2, 0.25) is 0 Å². The Morgan fingerprint density at radius 3 is 2.27 bits per heavy atom. The van der Waals surface area contributed by atoms with Gasteiger partial charge in [-0.15, -0.1) is 0 Å². The number of carbonyl (C=O) groups is 2. The summed E-state index contributed by atoms with van der Waals surface area (Å²) in [6.45, 7) is -1.84. The van der Waals surface area contributed by atoms with E-state index < -0.39 is 46.8 Å². The number of hydrogen-bond donors (Lipinski definition) is 1. The van der Waals surface area contributed by atoms with Gasteiger partial charge < -0.3 is 9.47 Å². The lowest BCUT2D eigenvalue weighted by atomic mass is 9.81. The van der Waals surface area contributed by atoms with Gasteiger partial charge in [-0.3, -0.25) is 14.1 Å². The van der Waals surface area contributed by atoms with Gasteiger partial charge in [0, 0.05) is 0 Å². The summed E-state index contributed by atoms with van der Waals surface area (Å²) in [5, 5.41) is -4.61. The van der Waals surface area contributed by atoms with Crippen LogP contribution in [0.1, 0.15) is 18.4 Å². The molecule has 140 valence electrons. The molecule has 0 spiro atoms. The average molecular weight is 388 g/mol. The van der Waals surface area contributed by atoms with Crippen LogP contribution in [0.4, 0.5) is 8.78 Å². The van der Waals surface area contributed by atoms with Crippen molar-refractivity contribution in [3.63, 3.8) is 0 Å². The van der Waals surface area contributed by atoms with Gasteiger partial charge >= 0.3 is 27.3 Å². The average Bonchev–Trinajstić information content (AvgIpc) is 2.52. The fourth-order valence-electron chi connectivity index (χ4n) is 2.13. The first-order chi connectivity index (χ1) is 11.9. The van der Waals surface area contributed by atoms with E-state index >= 15 is 0 Å². The van der Waals surface area contributed by atoms with Crippen molar-refractivity contribution >= 4 is 56.5 Å². The van der Waals surface area contributed by atoms with E-state index in [-0.39, 0.29) is 0 Å². The van der Waals surface area contributed by atoms with Crippen LogP contribution < -0.4 is 15.7 Å². The molecule has 1 rings (SSSR count). The van der Waals surface area contributed by atoms with Crippen LogP contribution in [-0.2, 0) is 30.8 Å². The minimum absolute atomic E-state index is 0.384. The van der Waals surface area contributed by atoms with E-state index in [1.807, 2.05) is 27.8 Å². The van der Waals surface area contributed by atoms with E-state index in [1.165, 1.54) is 0 Å². The Bertz CT molecular complexity index is 799. The number of rotatable bonds is 8. The largest absolute Gasteiger partial charge is 0.458 e. The summed E-state index contributed by atoms with van der Waals surface area (Å²) in [7, 11) is -0.138. The van der Waals surface area contributed by atoms with Gasteiger partial charge in [-0.05, 0) is 11.0 Å². The van der Waals surface area contributed by atoms with E-state index in [2.05, 4.69) is 4.74 Å². The van der Waals surface area contributed by atoms with Crippen LogP contribution in [0.5, 0.6) is 5.75 Å². The molecule has 0 aliphatic rings. The number of ether oxygens (including phenoxy) is 2. The quantitative estimate of drug-likeness (QED) is 0.220. The van der Waals surface area contributed by atoms with Gasteiger partial charge in [-0.1, -0.05) is 23.9 Å². The van der Waals surface area contributed by atoms with Crippen molar-refractivity contribution in [2.75, 3.05) is 6.61 Å². The molecule has 0 amide bonds. The fourth-order valence-corrected chi connectivity index (χ4v) is 2.34. The predicted octanol–water partition coefficient (Wildman–Crippen LogP) is -2.95. The molecule has 1 aromatic carbocycles. The molecular weight excluding hydrogens is 371 g/mol. The summed E-state index contributed by atoms with van der Waals surface area (Å²) in [5.41, 5.74) is 2.55. The lowest BCUT2D eigenvalue weighted by molar-refractivity contribution is -0.151. The summed E-state index contributed by atoms with van der Waals surface area (Å²) in [4.78, 5) is 23.2. The van der Waals surface area contributed by atoms with Crippen molar-refractivity contribution in [2.45, 2.75) is 24.4 Å². The zero-order valence-electron chi connectivity index (χ0n) is 14.5. The molecule has 0 saturated heterocycles. The zero-order valence-corrected chi connectivity index (χ0v) is 15.4. The molecule has 0 unspecified atom stereocenters. The Kier molecular flexibility index (Phi) is 7.40. The van der Waals surface area contributed by atoms with Crippen molar-refractivity contribution in [3.8, 4) is 5.75 Å². The Hall–Kier alpha value is -1.88. The van der Waals surface area contributed by atoms with Crippen molar-refractivity contribution in [3.05, 3.63) is 17.7 Å². The van der Waals surface area contributed by atoms with Crippen LogP contribution >= 0.6 is 0 Å². The monoisotopic (exact) mass is 388 g/mol. The van der Waals surface area contributed by atoms with Gasteiger partial charge in [0.05, 0.1) is 12.8 Å². The normalized spacial score (nSPS) is 11.8. The van der Waals surface area contributed by atoms with Crippen LogP contribution in [0.3, 0.4) is 0 Å². The first-order valence-electron chi connectivity index (χ1n) is 7.68. The van der Waals surface area contributed by atoms with Crippen LogP contribution in [-0.4, -0.2) is 60.3 Å². The van der Waals surface area contributed by atoms with Gasteiger partial charge in [0.25, 0.3) is 0 Å². The van der Waals surface area contributed by atoms with E-state index in [9.17, 15) is 26.8 Å². The van der Waals surface area contributed by atoms with Crippen molar-refractivity contribution in [2.24, 2.45) is 0 Å². The zero-order chi connectivity index (χ0) is 20.1. The molecule has 0 aromatic heterocycles. The third kappa shape index (κ3) is 6.13. The van der Waals surface area contributed by atoms with E-state index in [4.69, 9.17) is 9.29 Å². The standard InChI is InChI=1S/C13H17B3F2O7S/c14-5-7-3-8(15)4-9(16)12(7)25-11(20)2-1-10(19)24-6-13(17,18)26(21,22)23/h3-4H,1-2,5-6,14-16H2,(H,21,22,23). The highest BCUT2D eigenvalue weighted by Crippen LogP contribution is 2.21. The molecular formula is C13H17B3F2O7S. The van der Waals surface area contributed by atoms with Gasteiger partial charge in [0.1, 0.15) is 29.3 Å². The minimum Gasteiger partial charge on any atom is -0.458 e. The number of esters is 2. The Morgan fingerprint density at radius 2 is 1.73 bits per heavy atom. The summed E-state index contributed by atoms with van der Waals surface area (Å²) in [5.74, 6) is -1.60. The number of alkyl halides is 2. The molecule has 0 aliphatic carbocycles. The SMILES string of the molecule is BCc1cc(B)cc(B)c1OC(=O)CCC(=O)OCC(F)(F)S(=O)(=O)O. The molecule has 26 heavy (non-hydrogen) atoms. The molecule has 0 radical (unpaired) electrons. The lowest BCUT2D eigenvalue weighted by Gasteiger charge is -2.14. The van der Waals surface area contributed by atoms with Crippen LogP contribution in [0.15, 0.2) is 12.1 Å². The Labute approximate surface area is 152 Å². The molecule has 13 heteroatoms. The fraction of sp³-hybridized carbons (Fsp3) is 0.385. The summed E-state index contributed by atoms with van der Waals surface area (Å²) < 4.78 is 64.3. The summed E-state index contributed by atoms with van der Waals surface area (Å²) in [6, 6.07) is 3.69. The molecule has 0 atom stereocenters. The molecule has 1 N–H and O–H groups in total. The van der Waals surface area contributed by atoms with Crippen molar-refractivity contribution in [1.29, 1.82) is 0 Å². The molecule has 7 nitrogen and oxygen atoms in total. The van der Waals surface area contributed by atoms with Gasteiger partial charge in [-0.25, -0.2) is 0 Å². The van der Waals surface area contributed by atoms with Crippen LogP contribution in [0, 0.1) is 0 Å². The maximum absolute atomic E-state index is 12.9. The molecule has 0 heterocycles. The summed E-state index contributed by atoms with van der Waals surface area (Å²) >= 11 is 0. The number of hydrogen-bond acceptors (Lipinski definition) is 6. The Balaban J connectivity index is 2.59. The molecule has 0 bridgehead atoms. The van der Waals surface area contributed by atoms with Gasteiger partial charge in [-0.2, -0.15) is 17.2 Å². The highest BCUT2D eigenvalue weighted by Gasteiger charge is 2.45. The van der Waals surface area contributed by atoms with E-state index in [0.717, 1.165) is 16.5 Å². The number of halogens is 2. The summed E-state index contributed by atoms with van der Waals surface area (Å²) in [6.07, 6.45) is -0.391. The maximum atomic E-state index is 12.9. The van der Waals surface area contributed by atoms with Crippen molar-refractivity contribution < 1.29 is 40.8 Å². The molecule has 0 aliphatic heterocycles. The highest BCUT2D eigenvalue weighted by atomic mass is 32.2. The smallest absolute Gasteiger partial charge is 0.402 e. The molecule has 0 fully saturated rings. The van der Waals surface area contributed by atoms with Gasteiger partial charge in [0.2, 0.25) is 0 Å². The number of benzene rings is 1. The third-order valence-corrected chi connectivity index (χ3v) is 4.28. The second kappa shape index (κ2) is 8.67. The van der Waals surface area contributed by atoms with E-state index in [0.29, 0.717) is 12.1 Å². The van der Waals surface area contributed by atoms with Gasteiger partial charge in [0.15, 0.2) is 6.61 Å². The van der Waals surface area contributed by atoms with Crippen LogP contribution in [0.25, 0.3) is 0 Å². The first-order valence-corrected chi connectivity index (χ1v) is 9.12. The second-order valence-corrected chi connectivity index (χ2v) is 7.22. The topological polar surface area (TPSA) is 107 Å². The van der Waals surface area contributed by atoms with Crippen molar-refractivity contribution in [1.82, 2.24) is 0 Å². The van der Waals surface area contributed by atoms with E-state index in [1.54, 1.807) is 7.85 Å². The minimum atomic E-state index is -5.69. The highest BCUT2D eigenvalue weighted by molar-refractivity contribution is 7.86. The lowest BCUT2D eigenvalue weighted by Crippen LogP contribution is -2.34. The molecule has 1 aromatic rings. The second-order valence-electron chi connectivity index (χ2n) is 5.67. The first kappa shape index (κ1) is 22.2. The molecule has 0 saturated carbocycles. The maximum Gasteiger partial charge on any atom is 0.402 e.